The van der Waals surface area contributed by atoms with E-state index < -0.39 is 0 Å². The molecule has 0 bridgehead atoms. The zero-order chi connectivity index (χ0) is 5.41. The molecule has 0 aliphatic heterocycles. The van der Waals surface area contributed by atoms with Crippen LogP contribution in [0.3, 0.4) is 0 Å². The molecule has 0 aliphatic rings. The van der Waals surface area contributed by atoms with Crippen LogP contribution in [0.25, 0.3) is 0 Å². The Bertz CT molecular complexity index is 10.8. The molecular weight excluding hydrogens is 208 g/mol. The SMILES string of the molecule is C[CH-]C.[Cl][Ru][Cl]. The van der Waals surface area contributed by atoms with E-state index in [1.165, 1.54) is 0 Å². The zero-order valence-corrected chi connectivity index (χ0v) is 6.94. The van der Waals surface area contributed by atoms with Gasteiger partial charge in [0.05, 0.1) is 0 Å². The van der Waals surface area contributed by atoms with E-state index in [9.17, 15) is 0 Å². The molecule has 3 heteroatoms. The van der Waals surface area contributed by atoms with Gasteiger partial charge in [-0.25, -0.2) is 0 Å². The summed E-state index contributed by atoms with van der Waals surface area (Å²) >= 11 is -0.346. The van der Waals surface area contributed by atoms with Crippen LogP contribution in [0.4, 0.5) is 0 Å². The standard InChI is InChI=1S/C3H7.2ClH.Ru/c1-3-2;;;/h3H,1-2H3;2*1H;/q-1;;;+2/p-2. The molecule has 0 heterocycles. The van der Waals surface area contributed by atoms with Crippen molar-refractivity contribution in [3.05, 3.63) is 6.42 Å². The molecule has 6 heavy (non-hydrogen) atoms. The average Bonchev–Trinajstić information content (AvgIpc) is 1.39. The number of rotatable bonds is 0. The number of halogens is 2. The fraction of sp³-hybridized carbons (Fsp3) is 0.667. The summed E-state index contributed by atoms with van der Waals surface area (Å²) in [6.07, 6.45) is 2.00. The quantitative estimate of drug-likeness (QED) is 0.430. The molecule has 0 rings (SSSR count). The Labute approximate surface area is 54.9 Å². The van der Waals surface area contributed by atoms with Gasteiger partial charge in [0.1, 0.15) is 0 Å². The Morgan fingerprint density at radius 2 is 1.33 bits per heavy atom. The van der Waals surface area contributed by atoms with Crippen LogP contribution in [-0.4, -0.2) is 0 Å². The summed E-state index contributed by atoms with van der Waals surface area (Å²) in [6.45, 7) is 4.00. The van der Waals surface area contributed by atoms with E-state index in [0.29, 0.717) is 0 Å². The molecule has 0 saturated carbocycles. The molecular formula is C3H7Cl2Ru-. The van der Waals surface area contributed by atoms with Gasteiger partial charge in [0.2, 0.25) is 0 Å². The third-order valence-corrected chi connectivity index (χ3v) is 0. The molecule has 0 aliphatic carbocycles. The van der Waals surface area contributed by atoms with Crippen LogP contribution < -0.4 is 0 Å². The second-order valence-corrected chi connectivity index (χ2v) is 3.27. The molecule has 0 amide bonds. The van der Waals surface area contributed by atoms with Gasteiger partial charge in [-0.1, -0.05) is 0 Å². The zero-order valence-electron chi connectivity index (χ0n) is 3.69. The second kappa shape index (κ2) is 16.4. The maximum atomic E-state index is 4.85. The van der Waals surface area contributed by atoms with E-state index in [4.69, 9.17) is 19.4 Å². The summed E-state index contributed by atoms with van der Waals surface area (Å²) in [5, 5.41) is 0. The minimum atomic E-state index is -0.346. The molecule has 0 radical (unpaired) electrons. The van der Waals surface area contributed by atoms with E-state index in [0.717, 1.165) is 0 Å². The molecule has 0 spiro atoms. The van der Waals surface area contributed by atoms with E-state index >= 15 is 0 Å². The summed E-state index contributed by atoms with van der Waals surface area (Å²) in [4.78, 5) is 0. The van der Waals surface area contributed by atoms with Crippen molar-refractivity contribution >= 4 is 19.4 Å². The molecule has 42 valence electrons. The normalized spacial score (nSPS) is 6.67. The molecule has 0 aromatic rings. The van der Waals surface area contributed by atoms with Gasteiger partial charge in [-0.15, -0.1) is 0 Å². The molecule has 0 aromatic carbocycles. The maximum absolute atomic E-state index is 4.85. The van der Waals surface area contributed by atoms with Crippen LogP contribution in [-0.2, 0) is 15.1 Å². The summed E-state index contributed by atoms with van der Waals surface area (Å²) in [5.41, 5.74) is 0. The van der Waals surface area contributed by atoms with Crippen molar-refractivity contribution in [2.24, 2.45) is 0 Å². The first-order valence-electron chi connectivity index (χ1n) is 1.42. The van der Waals surface area contributed by atoms with Gasteiger partial charge in [-0.3, -0.25) is 0 Å². The third-order valence-electron chi connectivity index (χ3n) is 0. The van der Waals surface area contributed by atoms with Crippen molar-refractivity contribution in [2.75, 3.05) is 0 Å². The van der Waals surface area contributed by atoms with Crippen LogP contribution in [0, 0.1) is 6.42 Å². The summed E-state index contributed by atoms with van der Waals surface area (Å²) in [6, 6.07) is 0. The van der Waals surface area contributed by atoms with Crippen LogP contribution >= 0.6 is 19.4 Å². The van der Waals surface area contributed by atoms with Crippen LogP contribution in [0.2, 0.25) is 0 Å². The first-order valence-corrected chi connectivity index (χ1v) is 5.90. The Kier molecular flexibility index (Phi) is 27.9. The first kappa shape index (κ1) is 10.2. The van der Waals surface area contributed by atoms with Gasteiger partial charge in [0.25, 0.3) is 0 Å². The third kappa shape index (κ3) is 63.5. The van der Waals surface area contributed by atoms with Crippen LogP contribution in [0.5, 0.6) is 0 Å². The van der Waals surface area contributed by atoms with Gasteiger partial charge in [-0.05, 0) is 0 Å². The minimum absolute atomic E-state index is 0.346. The van der Waals surface area contributed by atoms with E-state index in [1.807, 2.05) is 20.3 Å². The fourth-order valence-corrected chi connectivity index (χ4v) is 0. The first-order chi connectivity index (χ1) is 2.83. The van der Waals surface area contributed by atoms with E-state index in [1.54, 1.807) is 0 Å². The van der Waals surface area contributed by atoms with Crippen molar-refractivity contribution in [1.29, 1.82) is 0 Å². The Morgan fingerprint density at radius 1 is 1.33 bits per heavy atom. The van der Waals surface area contributed by atoms with Gasteiger partial charge in [0, 0.05) is 0 Å². The van der Waals surface area contributed by atoms with Crippen molar-refractivity contribution in [1.82, 2.24) is 0 Å². The topological polar surface area (TPSA) is 0 Å². The predicted molar refractivity (Wildman–Crippen MR) is 27.4 cm³/mol. The van der Waals surface area contributed by atoms with E-state index in [-0.39, 0.29) is 15.1 Å². The van der Waals surface area contributed by atoms with Crippen molar-refractivity contribution in [3.63, 3.8) is 0 Å². The average molecular weight is 215 g/mol. The van der Waals surface area contributed by atoms with Gasteiger partial charge >= 0.3 is 34.5 Å². The Hall–Kier alpha value is 1.20. The van der Waals surface area contributed by atoms with Crippen molar-refractivity contribution in [2.45, 2.75) is 13.8 Å². The molecule has 0 N–H and O–H groups in total. The van der Waals surface area contributed by atoms with Crippen LogP contribution in [0.15, 0.2) is 0 Å². The molecule has 0 saturated heterocycles. The molecule has 0 atom stereocenters. The Morgan fingerprint density at radius 3 is 1.33 bits per heavy atom. The predicted octanol–water partition coefficient (Wildman–Crippen LogP) is 2.61. The van der Waals surface area contributed by atoms with Gasteiger partial charge in [0.15, 0.2) is 0 Å². The number of hydrogen-bond acceptors (Lipinski definition) is 0. The van der Waals surface area contributed by atoms with Crippen molar-refractivity contribution < 1.29 is 15.1 Å². The second-order valence-electron chi connectivity index (χ2n) is 0.628. The molecule has 0 unspecified atom stereocenters. The molecule has 0 nitrogen and oxygen atoms in total. The molecule has 0 aromatic heterocycles. The summed E-state index contributed by atoms with van der Waals surface area (Å²) in [5.74, 6) is 0. The van der Waals surface area contributed by atoms with Gasteiger partial charge in [-0.2, -0.15) is 13.8 Å². The van der Waals surface area contributed by atoms with Gasteiger partial charge < -0.3 is 6.42 Å². The van der Waals surface area contributed by atoms with Crippen molar-refractivity contribution in [3.8, 4) is 0 Å². The fourth-order valence-electron chi connectivity index (χ4n) is 0. The van der Waals surface area contributed by atoms with E-state index in [2.05, 4.69) is 0 Å². The summed E-state index contributed by atoms with van der Waals surface area (Å²) < 4.78 is 0. The molecule has 0 fully saturated rings. The summed E-state index contributed by atoms with van der Waals surface area (Å²) in [7, 11) is 9.71. The Balaban J connectivity index is 0. The van der Waals surface area contributed by atoms with Crippen LogP contribution in [0.1, 0.15) is 13.8 Å². The monoisotopic (exact) mass is 215 g/mol. The number of hydrogen-bond donors (Lipinski definition) is 0.